The third kappa shape index (κ3) is 3.83. The van der Waals surface area contributed by atoms with E-state index in [1.54, 1.807) is 7.11 Å². The van der Waals surface area contributed by atoms with E-state index in [9.17, 15) is 4.79 Å². The Morgan fingerprint density at radius 1 is 0.931 bits per heavy atom. The summed E-state index contributed by atoms with van der Waals surface area (Å²) in [6.45, 7) is 4.03. The van der Waals surface area contributed by atoms with Crippen LogP contribution < -0.4 is 10.1 Å². The standard InChI is InChI=1S/C25H22N2O2/c1-16-11-12-22(17(2)13-16)27-25(28)21-15-24(18-7-6-8-19(14-18)29-3)26-23-10-5-4-9-20(21)23/h4-15H,1-3H3,(H,27,28). The highest BCUT2D eigenvalue weighted by molar-refractivity contribution is 6.13. The van der Waals surface area contributed by atoms with E-state index in [0.29, 0.717) is 5.56 Å². The maximum absolute atomic E-state index is 13.2. The number of nitrogens with one attached hydrogen (secondary N) is 1. The van der Waals surface area contributed by atoms with Crippen molar-refractivity contribution in [3.8, 4) is 17.0 Å². The largest absolute Gasteiger partial charge is 0.497 e. The minimum absolute atomic E-state index is 0.153. The fourth-order valence-corrected chi connectivity index (χ4v) is 3.44. The van der Waals surface area contributed by atoms with Gasteiger partial charge in [0.1, 0.15) is 5.75 Å². The summed E-state index contributed by atoms with van der Waals surface area (Å²) in [5.41, 5.74) is 6.00. The molecule has 0 saturated heterocycles. The summed E-state index contributed by atoms with van der Waals surface area (Å²) in [6.07, 6.45) is 0. The van der Waals surface area contributed by atoms with E-state index in [1.165, 1.54) is 0 Å². The van der Waals surface area contributed by atoms with Crippen LogP contribution in [-0.2, 0) is 0 Å². The number of amides is 1. The van der Waals surface area contributed by atoms with Crippen LogP contribution >= 0.6 is 0 Å². The van der Waals surface area contributed by atoms with Crippen LogP contribution in [0.4, 0.5) is 5.69 Å². The maximum Gasteiger partial charge on any atom is 0.256 e. The second-order valence-electron chi connectivity index (χ2n) is 7.08. The Bertz CT molecular complexity index is 1210. The second-order valence-corrected chi connectivity index (χ2v) is 7.08. The van der Waals surface area contributed by atoms with Crippen molar-refractivity contribution in [1.29, 1.82) is 0 Å². The third-order valence-electron chi connectivity index (χ3n) is 4.96. The number of carbonyl (C=O) groups excluding carboxylic acids is 1. The number of nitrogens with zero attached hydrogens (tertiary/aromatic N) is 1. The van der Waals surface area contributed by atoms with Crippen LogP contribution in [0.25, 0.3) is 22.2 Å². The number of aryl methyl sites for hydroxylation is 2. The van der Waals surface area contributed by atoms with Crippen LogP contribution in [0.1, 0.15) is 21.5 Å². The first-order valence-corrected chi connectivity index (χ1v) is 9.48. The number of methoxy groups -OCH3 is 1. The van der Waals surface area contributed by atoms with Crippen LogP contribution in [0, 0.1) is 13.8 Å². The molecular weight excluding hydrogens is 360 g/mol. The summed E-state index contributed by atoms with van der Waals surface area (Å²) in [6, 6.07) is 23.2. The van der Waals surface area contributed by atoms with Crippen molar-refractivity contribution >= 4 is 22.5 Å². The number of anilines is 1. The number of fused-ring (bicyclic) bond motifs is 1. The van der Waals surface area contributed by atoms with Gasteiger partial charge in [-0.3, -0.25) is 4.79 Å². The lowest BCUT2D eigenvalue weighted by Gasteiger charge is -2.13. The van der Waals surface area contributed by atoms with E-state index in [0.717, 1.165) is 44.7 Å². The Labute approximate surface area is 170 Å². The van der Waals surface area contributed by atoms with Crippen LogP contribution in [0.15, 0.2) is 72.8 Å². The first-order valence-electron chi connectivity index (χ1n) is 9.48. The Kier molecular flexibility index (Phi) is 5.00. The molecule has 4 nitrogen and oxygen atoms in total. The molecule has 0 atom stereocenters. The lowest BCUT2D eigenvalue weighted by molar-refractivity contribution is 0.102. The molecule has 4 rings (SSSR count). The van der Waals surface area contributed by atoms with Crippen molar-refractivity contribution in [2.75, 3.05) is 12.4 Å². The SMILES string of the molecule is COc1cccc(-c2cc(C(=O)Nc3ccc(C)cc3C)c3ccccc3n2)c1. The quantitative estimate of drug-likeness (QED) is 0.487. The Morgan fingerprint density at radius 3 is 2.55 bits per heavy atom. The smallest absolute Gasteiger partial charge is 0.256 e. The number of rotatable bonds is 4. The molecule has 0 aliphatic rings. The van der Waals surface area contributed by atoms with E-state index in [-0.39, 0.29) is 5.91 Å². The van der Waals surface area contributed by atoms with Gasteiger partial charge in [0.25, 0.3) is 5.91 Å². The average molecular weight is 382 g/mol. The van der Waals surface area contributed by atoms with E-state index in [2.05, 4.69) is 11.4 Å². The zero-order valence-corrected chi connectivity index (χ0v) is 16.7. The van der Waals surface area contributed by atoms with Gasteiger partial charge in [0.05, 0.1) is 23.9 Å². The topological polar surface area (TPSA) is 51.2 Å². The van der Waals surface area contributed by atoms with Gasteiger partial charge in [-0.15, -0.1) is 0 Å². The van der Waals surface area contributed by atoms with Gasteiger partial charge in [-0.1, -0.05) is 48.0 Å². The zero-order chi connectivity index (χ0) is 20.4. The van der Waals surface area contributed by atoms with Gasteiger partial charge >= 0.3 is 0 Å². The lowest BCUT2D eigenvalue weighted by Crippen LogP contribution is -2.14. The van der Waals surface area contributed by atoms with E-state index in [1.807, 2.05) is 80.6 Å². The summed E-state index contributed by atoms with van der Waals surface area (Å²) >= 11 is 0. The summed E-state index contributed by atoms with van der Waals surface area (Å²) in [5.74, 6) is 0.596. The van der Waals surface area contributed by atoms with Gasteiger partial charge in [0.15, 0.2) is 0 Å². The average Bonchev–Trinajstić information content (AvgIpc) is 2.75. The molecule has 1 aromatic heterocycles. The first-order chi connectivity index (χ1) is 14.0. The Hall–Kier alpha value is -3.66. The van der Waals surface area contributed by atoms with E-state index in [4.69, 9.17) is 9.72 Å². The van der Waals surface area contributed by atoms with Gasteiger partial charge in [0, 0.05) is 16.6 Å². The van der Waals surface area contributed by atoms with Crippen LogP contribution in [0.5, 0.6) is 5.75 Å². The molecule has 0 radical (unpaired) electrons. The van der Waals surface area contributed by atoms with E-state index >= 15 is 0 Å². The molecule has 29 heavy (non-hydrogen) atoms. The highest BCUT2D eigenvalue weighted by atomic mass is 16.5. The van der Waals surface area contributed by atoms with Crippen LogP contribution in [0.3, 0.4) is 0 Å². The van der Waals surface area contributed by atoms with Crippen molar-refractivity contribution in [2.45, 2.75) is 13.8 Å². The summed E-state index contributed by atoms with van der Waals surface area (Å²) in [4.78, 5) is 18.0. The molecule has 4 heteroatoms. The van der Waals surface area contributed by atoms with Crippen molar-refractivity contribution in [1.82, 2.24) is 4.98 Å². The highest BCUT2D eigenvalue weighted by Gasteiger charge is 2.15. The molecule has 0 spiro atoms. The maximum atomic E-state index is 13.2. The molecule has 1 heterocycles. The molecule has 0 saturated carbocycles. The summed E-state index contributed by atoms with van der Waals surface area (Å²) in [7, 11) is 1.63. The number of para-hydroxylation sites is 1. The van der Waals surface area contributed by atoms with Gasteiger partial charge in [0.2, 0.25) is 0 Å². The second kappa shape index (κ2) is 7.76. The molecule has 0 aliphatic carbocycles. The summed E-state index contributed by atoms with van der Waals surface area (Å²) in [5, 5.41) is 3.88. The fraction of sp³-hybridized carbons (Fsp3) is 0.120. The lowest BCUT2D eigenvalue weighted by atomic mass is 10.0. The number of aromatic nitrogens is 1. The van der Waals surface area contributed by atoms with Gasteiger partial charge in [-0.25, -0.2) is 4.98 Å². The number of carbonyl (C=O) groups is 1. The van der Waals surface area contributed by atoms with E-state index < -0.39 is 0 Å². The van der Waals surface area contributed by atoms with Crippen molar-refractivity contribution in [3.05, 3.63) is 89.5 Å². The number of hydrogen-bond donors (Lipinski definition) is 1. The Morgan fingerprint density at radius 2 is 1.76 bits per heavy atom. The van der Waals surface area contributed by atoms with Crippen molar-refractivity contribution in [2.24, 2.45) is 0 Å². The number of benzene rings is 3. The fourth-order valence-electron chi connectivity index (χ4n) is 3.44. The third-order valence-corrected chi connectivity index (χ3v) is 4.96. The van der Waals surface area contributed by atoms with Crippen molar-refractivity contribution in [3.63, 3.8) is 0 Å². The molecule has 144 valence electrons. The van der Waals surface area contributed by atoms with Gasteiger partial charge < -0.3 is 10.1 Å². The minimum Gasteiger partial charge on any atom is -0.497 e. The van der Waals surface area contributed by atoms with Crippen LogP contribution in [-0.4, -0.2) is 18.0 Å². The molecule has 1 N–H and O–H groups in total. The number of hydrogen-bond acceptors (Lipinski definition) is 3. The van der Waals surface area contributed by atoms with Gasteiger partial charge in [-0.2, -0.15) is 0 Å². The van der Waals surface area contributed by atoms with Crippen molar-refractivity contribution < 1.29 is 9.53 Å². The molecule has 0 bridgehead atoms. The predicted molar refractivity (Wildman–Crippen MR) is 118 cm³/mol. The number of pyridine rings is 1. The van der Waals surface area contributed by atoms with Crippen LogP contribution in [0.2, 0.25) is 0 Å². The monoisotopic (exact) mass is 382 g/mol. The molecule has 1 amide bonds. The normalized spacial score (nSPS) is 10.7. The molecule has 0 unspecified atom stereocenters. The molecule has 4 aromatic rings. The zero-order valence-electron chi connectivity index (χ0n) is 16.7. The summed E-state index contributed by atoms with van der Waals surface area (Å²) < 4.78 is 5.34. The minimum atomic E-state index is -0.153. The molecular formula is C25H22N2O2. The predicted octanol–water partition coefficient (Wildman–Crippen LogP) is 5.78. The number of ether oxygens (including phenoxy) is 1. The Balaban J connectivity index is 1.81. The molecule has 3 aromatic carbocycles. The highest BCUT2D eigenvalue weighted by Crippen LogP contribution is 2.28. The molecule has 0 aliphatic heterocycles. The molecule has 0 fully saturated rings. The first kappa shape index (κ1) is 18.7. The van der Waals surface area contributed by atoms with Gasteiger partial charge in [-0.05, 0) is 49.7 Å².